The summed E-state index contributed by atoms with van der Waals surface area (Å²) in [5.74, 6) is -0.119. The van der Waals surface area contributed by atoms with Crippen LogP contribution in [0.2, 0.25) is 0 Å². The van der Waals surface area contributed by atoms with E-state index in [0.29, 0.717) is 5.57 Å². The highest BCUT2D eigenvalue weighted by Gasteiger charge is 2.12. The molecule has 0 spiro atoms. The van der Waals surface area contributed by atoms with Crippen LogP contribution in [0.25, 0.3) is 11.6 Å². The number of benzene rings is 3. The van der Waals surface area contributed by atoms with Gasteiger partial charge in [-0.05, 0) is 64.1 Å². The molecule has 0 bridgehead atoms. The van der Waals surface area contributed by atoms with Crippen molar-refractivity contribution in [2.75, 3.05) is 5.32 Å². The molecule has 0 aromatic heterocycles. The van der Waals surface area contributed by atoms with Crippen molar-refractivity contribution in [3.8, 4) is 0 Å². The van der Waals surface area contributed by atoms with Gasteiger partial charge in [0.1, 0.15) is 0 Å². The molecule has 0 radical (unpaired) electrons. The zero-order valence-electron chi connectivity index (χ0n) is 12.9. The second-order valence-electron chi connectivity index (χ2n) is 5.30. The van der Waals surface area contributed by atoms with Crippen LogP contribution in [-0.2, 0) is 4.79 Å². The van der Waals surface area contributed by atoms with E-state index < -0.39 is 0 Å². The summed E-state index contributed by atoms with van der Waals surface area (Å²) >= 11 is 2.24. The first-order chi connectivity index (χ1) is 11.7. The number of rotatable bonds is 4. The molecule has 24 heavy (non-hydrogen) atoms. The van der Waals surface area contributed by atoms with E-state index in [1.807, 2.05) is 91.0 Å². The molecule has 1 amide bonds. The molecule has 0 unspecified atom stereocenters. The predicted octanol–water partition coefficient (Wildman–Crippen LogP) is 5.47. The summed E-state index contributed by atoms with van der Waals surface area (Å²) in [6.07, 6.45) is 1.91. The van der Waals surface area contributed by atoms with Crippen molar-refractivity contribution >= 4 is 45.8 Å². The third-order valence-corrected chi connectivity index (χ3v) is 4.26. The van der Waals surface area contributed by atoms with Crippen molar-refractivity contribution in [1.29, 1.82) is 0 Å². The highest BCUT2D eigenvalue weighted by molar-refractivity contribution is 14.1. The van der Waals surface area contributed by atoms with Crippen molar-refractivity contribution in [2.45, 2.75) is 0 Å². The quantitative estimate of drug-likeness (QED) is 0.335. The van der Waals surface area contributed by atoms with Crippen LogP contribution in [0.1, 0.15) is 11.1 Å². The van der Waals surface area contributed by atoms with Crippen LogP contribution >= 0.6 is 22.6 Å². The standard InChI is InChI=1S/C21H16INO/c22-18-11-13-19(14-12-18)23-21(24)20(17-9-5-2-6-10-17)15-16-7-3-1-4-8-16/h1-15H,(H,23,24)/b20-15+. The first-order valence-electron chi connectivity index (χ1n) is 7.61. The summed E-state index contributed by atoms with van der Waals surface area (Å²) in [5.41, 5.74) is 3.31. The Labute approximate surface area is 155 Å². The van der Waals surface area contributed by atoms with E-state index in [4.69, 9.17) is 0 Å². The summed E-state index contributed by atoms with van der Waals surface area (Å²) in [4.78, 5) is 12.8. The normalized spacial score (nSPS) is 11.1. The van der Waals surface area contributed by atoms with Crippen LogP contribution in [-0.4, -0.2) is 5.91 Å². The van der Waals surface area contributed by atoms with Crippen molar-refractivity contribution in [3.63, 3.8) is 0 Å². The van der Waals surface area contributed by atoms with Gasteiger partial charge in [0.05, 0.1) is 0 Å². The SMILES string of the molecule is O=C(Nc1ccc(I)cc1)/C(=C/c1ccccc1)c1ccccc1. The molecule has 3 aromatic carbocycles. The third kappa shape index (κ3) is 4.32. The number of carbonyl (C=O) groups excluding carboxylic acids is 1. The molecular formula is C21H16INO. The lowest BCUT2D eigenvalue weighted by molar-refractivity contribution is -0.111. The summed E-state index contributed by atoms with van der Waals surface area (Å²) in [7, 11) is 0. The van der Waals surface area contributed by atoms with Gasteiger partial charge in [-0.2, -0.15) is 0 Å². The van der Waals surface area contributed by atoms with Crippen LogP contribution in [0.3, 0.4) is 0 Å². The average Bonchev–Trinajstić information content (AvgIpc) is 2.63. The Bertz CT molecular complexity index is 840. The maximum absolute atomic E-state index is 12.8. The van der Waals surface area contributed by atoms with E-state index >= 15 is 0 Å². The monoisotopic (exact) mass is 425 g/mol. The Hall–Kier alpha value is -2.40. The molecule has 3 aromatic rings. The zero-order valence-corrected chi connectivity index (χ0v) is 15.1. The number of halogens is 1. The van der Waals surface area contributed by atoms with E-state index in [2.05, 4.69) is 27.9 Å². The van der Waals surface area contributed by atoms with Gasteiger partial charge in [-0.15, -0.1) is 0 Å². The predicted molar refractivity (Wildman–Crippen MR) is 109 cm³/mol. The van der Waals surface area contributed by atoms with Crippen LogP contribution in [0, 0.1) is 3.57 Å². The summed E-state index contributed by atoms with van der Waals surface area (Å²) in [5, 5.41) is 2.98. The highest BCUT2D eigenvalue weighted by Crippen LogP contribution is 2.21. The van der Waals surface area contributed by atoms with Crippen molar-refractivity contribution in [2.24, 2.45) is 0 Å². The number of hydrogen-bond acceptors (Lipinski definition) is 1. The van der Waals surface area contributed by atoms with Crippen molar-refractivity contribution < 1.29 is 4.79 Å². The van der Waals surface area contributed by atoms with Gasteiger partial charge in [0, 0.05) is 14.8 Å². The van der Waals surface area contributed by atoms with E-state index in [0.717, 1.165) is 20.4 Å². The fourth-order valence-corrected chi connectivity index (χ4v) is 2.70. The Morgan fingerprint density at radius 1 is 0.792 bits per heavy atom. The molecule has 0 aliphatic heterocycles. The molecule has 0 atom stereocenters. The fourth-order valence-electron chi connectivity index (χ4n) is 2.35. The molecule has 0 heterocycles. The zero-order chi connectivity index (χ0) is 16.8. The molecule has 3 heteroatoms. The Kier molecular flexibility index (Phi) is 5.43. The molecule has 0 fully saturated rings. The first kappa shape index (κ1) is 16.5. The van der Waals surface area contributed by atoms with Gasteiger partial charge >= 0.3 is 0 Å². The van der Waals surface area contributed by atoms with Crippen molar-refractivity contribution in [3.05, 3.63) is 99.6 Å². The van der Waals surface area contributed by atoms with E-state index in [1.165, 1.54) is 0 Å². The average molecular weight is 425 g/mol. The maximum atomic E-state index is 12.8. The molecular weight excluding hydrogens is 409 g/mol. The van der Waals surface area contributed by atoms with Gasteiger partial charge in [0.15, 0.2) is 0 Å². The Morgan fingerprint density at radius 2 is 1.38 bits per heavy atom. The molecule has 0 saturated heterocycles. The summed E-state index contributed by atoms with van der Waals surface area (Å²) in [6, 6.07) is 27.3. The lowest BCUT2D eigenvalue weighted by Gasteiger charge is -2.10. The number of anilines is 1. The second-order valence-corrected chi connectivity index (χ2v) is 6.54. The highest BCUT2D eigenvalue weighted by atomic mass is 127. The molecule has 118 valence electrons. The minimum absolute atomic E-state index is 0.119. The lowest BCUT2D eigenvalue weighted by atomic mass is 10.0. The maximum Gasteiger partial charge on any atom is 0.256 e. The molecule has 2 nitrogen and oxygen atoms in total. The van der Waals surface area contributed by atoms with Gasteiger partial charge in [-0.1, -0.05) is 60.7 Å². The number of hydrogen-bond donors (Lipinski definition) is 1. The van der Waals surface area contributed by atoms with Crippen molar-refractivity contribution in [1.82, 2.24) is 0 Å². The van der Waals surface area contributed by atoms with Crippen LogP contribution in [0.5, 0.6) is 0 Å². The fraction of sp³-hybridized carbons (Fsp3) is 0. The second kappa shape index (κ2) is 7.93. The Balaban J connectivity index is 1.94. The smallest absolute Gasteiger partial charge is 0.256 e. The summed E-state index contributed by atoms with van der Waals surface area (Å²) in [6.45, 7) is 0. The largest absolute Gasteiger partial charge is 0.322 e. The van der Waals surface area contributed by atoms with Crippen LogP contribution in [0.4, 0.5) is 5.69 Å². The van der Waals surface area contributed by atoms with Gasteiger partial charge in [-0.3, -0.25) is 4.79 Å². The molecule has 3 rings (SSSR count). The van der Waals surface area contributed by atoms with Gasteiger partial charge in [0.25, 0.3) is 5.91 Å². The first-order valence-corrected chi connectivity index (χ1v) is 8.69. The van der Waals surface area contributed by atoms with Gasteiger partial charge in [-0.25, -0.2) is 0 Å². The topological polar surface area (TPSA) is 29.1 Å². The van der Waals surface area contributed by atoms with Crippen LogP contribution < -0.4 is 5.32 Å². The number of nitrogens with one attached hydrogen (secondary N) is 1. The van der Waals surface area contributed by atoms with E-state index in [1.54, 1.807) is 0 Å². The minimum atomic E-state index is -0.119. The van der Waals surface area contributed by atoms with E-state index in [-0.39, 0.29) is 5.91 Å². The number of amides is 1. The molecule has 0 aliphatic rings. The molecule has 1 N–H and O–H groups in total. The third-order valence-electron chi connectivity index (χ3n) is 3.54. The van der Waals surface area contributed by atoms with Gasteiger partial charge in [0.2, 0.25) is 0 Å². The minimum Gasteiger partial charge on any atom is -0.322 e. The number of carbonyl (C=O) groups is 1. The molecule has 0 aliphatic carbocycles. The summed E-state index contributed by atoms with van der Waals surface area (Å²) < 4.78 is 1.13. The lowest BCUT2D eigenvalue weighted by Crippen LogP contribution is -2.13. The van der Waals surface area contributed by atoms with Crippen LogP contribution in [0.15, 0.2) is 84.9 Å². The molecule has 0 saturated carbocycles. The Morgan fingerprint density at radius 3 is 2.00 bits per heavy atom. The van der Waals surface area contributed by atoms with Gasteiger partial charge < -0.3 is 5.32 Å². The van der Waals surface area contributed by atoms with E-state index in [9.17, 15) is 4.79 Å².